The van der Waals surface area contributed by atoms with E-state index in [2.05, 4.69) is 47.6 Å². The summed E-state index contributed by atoms with van der Waals surface area (Å²) in [6.07, 6.45) is 14.1. The van der Waals surface area contributed by atoms with E-state index in [0.29, 0.717) is 18.7 Å². The number of rotatable bonds is 6. The second-order valence-electron chi connectivity index (χ2n) is 10.4. The van der Waals surface area contributed by atoms with Gasteiger partial charge in [0.05, 0.1) is 17.6 Å². The molecule has 0 atom stereocenters. The van der Waals surface area contributed by atoms with E-state index < -0.39 is 0 Å². The zero-order chi connectivity index (χ0) is 25.1. The fourth-order valence-electron chi connectivity index (χ4n) is 5.93. The molecule has 2 saturated carbocycles. The number of carbonyl (C=O) groups excluding carboxylic acids is 1. The van der Waals surface area contributed by atoms with Crippen LogP contribution in [0.15, 0.2) is 40.2 Å². The van der Waals surface area contributed by atoms with Gasteiger partial charge in [-0.1, -0.05) is 38.5 Å². The molecule has 1 aliphatic heterocycles. The average Bonchev–Trinajstić information content (AvgIpc) is 3.35. The quantitative estimate of drug-likeness (QED) is 0.384. The minimum absolute atomic E-state index is 0.146. The lowest BCUT2D eigenvalue weighted by Gasteiger charge is -2.31. The van der Waals surface area contributed by atoms with Crippen LogP contribution in [0.2, 0.25) is 0 Å². The molecule has 1 aromatic carbocycles. The second-order valence-corrected chi connectivity index (χ2v) is 11.4. The summed E-state index contributed by atoms with van der Waals surface area (Å²) in [6.45, 7) is 6.92. The van der Waals surface area contributed by atoms with Gasteiger partial charge in [-0.15, -0.1) is 0 Å². The Labute approximate surface area is 220 Å². The van der Waals surface area contributed by atoms with Crippen LogP contribution in [0, 0.1) is 13.8 Å². The minimum Gasteiger partial charge on any atom is -0.494 e. The highest BCUT2D eigenvalue weighted by molar-refractivity contribution is 8.18. The number of aliphatic imine (C=N–C) groups is 1. The number of aromatic nitrogens is 1. The molecule has 1 amide bonds. The Hall–Kier alpha value is -2.47. The Kier molecular flexibility index (Phi) is 7.90. The molecule has 0 bridgehead atoms. The van der Waals surface area contributed by atoms with E-state index >= 15 is 0 Å². The summed E-state index contributed by atoms with van der Waals surface area (Å²) in [5.74, 6) is 1.03. The van der Waals surface area contributed by atoms with Crippen LogP contribution in [0.5, 0.6) is 5.75 Å². The first-order valence-electron chi connectivity index (χ1n) is 13.8. The van der Waals surface area contributed by atoms with Gasteiger partial charge in [0.1, 0.15) is 5.75 Å². The van der Waals surface area contributed by atoms with Crippen molar-refractivity contribution in [2.75, 3.05) is 6.61 Å². The highest BCUT2D eigenvalue weighted by Crippen LogP contribution is 2.39. The molecule has 6 heteroatoms. The van der Waals surface area contributed by atoms with E-state index in [1.807, 2.05) is 19.1 Å². The smallest absolute Gasteiger partial charge is 0.267 e. The highest BCUT2D eigenvalue weighted by atomic mass is 32.2. The molecule has 192 valence electrons. The number of aryl methyl sites for hydroxylation is 1. The number of thioether (sulfide) groups is 1. The number of carbonyl (C=O) groups is 1. The van der Waals surface area contributed by atoms with Gasteiger partial charge in [0, 0.05) is 23.1 Å². The van der Waals surface area contributed by atoms with Gasteiger partial charge in [-0.25, -0.2) is 0 Å². The van der Waals surface area contributed by atoms with Gasteiger partial charge in [-0.05, 0) is 100 Å². The van der Waals surface area contributed by atoms with Crippen LogP contribution in [0.1, 0.15) is 88.1 Å². The van der Waals surface area contributed by atoms with Crippen molar-refractivity contribution < 1.29 is 9.53 Å². The van der Waals surface area contributed by atoms with Crippen molar-refractivity contribution in [3.8, 4) is 11.4 Å². The maximum atomic E-state index is 13.8. The third-order valence-corrected chi connectivity index (χ3v) is 8.80. The SMILES string of the molecule is CCOc1ccc(-n2c(C)cc(/C=C3\SC(=NC4CCCCC4)N(C4CCCCC4)C3=O)c2C)cc1. The second kappa shape index (κ2) is 11.3. The summed E-state index contributed by atoms with van der Waals surface area (Å²) < 4.78 is 7.86. The highest BCUT2D eigenvalue weighted by Gasteiger charge is 2.39. The zero-order valence-electron chi connectivity index (χ0n) is 22.0. The third-order valence-electron chi connectivity index (χ3n) is 7.81. The van der Waals surface area contributed by atoms with E-state index in [-0.39, 0.29) is 5.91 Å². The normalized spacial score (nSPS) is 22.2. The molecule has 0 N–H and O–H groups in total. The summed E-state index contributed by atoms with van der Waals surface area (Å²) >= 11 is 1.60. The Morgan fingerprint density at radius 2 is 1.67 bits per heavy atom. The van der Waals surface area contributed by atoms with Crippen molar-refractivity contribution in [1.29, 1.82) is 0 Å². The molecular formula is C30H39N3O2S. The average molecular weight is 506 g/mol. The molecule has 0 radical (unpaired) electrons. The third kappa shape index (κ3) is 5.29. The molecule has 0 unspecified atom stereocenters. The van der Waals surface area contributed by atoms with Gasteiger partial charge in [0.25, 0.3) is 5.91 Å². The van der Waals surface area contributed by atoms with E-state index in [9.17, 15) is 4.79 Å². The molecule has 1 aromatic heterocycles. The van der Waals surface area contributed by atoms with Gasteiger partial charge in [0.2, 0.25) is 0 Å². The number of ether oxygens (including phenoxy) is 1. The summed E-state index contributed by atoms with van der Waals surface area (Å²) in [4.78, 5) is 21.8. The number of amides is 1. The number of amidine groups is 1. The van der Waals surface area contributed by atoms with Crippen LogP contribution in [-0.4, -0.2) is 39.2 Å². The number of benzene rings is 1. The first kappa shape index (κ1) is 25.2. The zero-order valence-corrected chi connectivity index (χ0v) is 22.8. The maximum absolute atomic E-state index is 13.8. The summed E-state index contributed by atoms with van der Waals surface area (Å²) in [5, 5.41) is 0.949. The van der Waals surface area contributed by atoms with Gasteiger partial charge >= 0.3 is 0 Å². The molecule has 3 fully saturated rings. The molecule has 5 nitrogen and oxygen atoms in total. The van der Waals surface area contributed by atoms with Crippen LogP contribution in [0.25, 0.3) is 11.8 Å². The van der Waals surface area contributed by atoms with Crippen molar-refractivity contribution in [2.24, 2.45) is 4.99 Å². The Balaban J connectivity index is 1.45. The van der Waals surface area contributed by atoms with Crippen molar-refractivity contribution in [2.45, 2.75) is 97.1 Å². The van der Waals surface area contributed by atoms with Crippen molar-refractivity contribution in [1.82, 2.24) is 9.47 Å². The predicted molar refractivity (Wildman–Crippen MR) is 150 cm³/mol. The fourth-order valence-corrected chi connectivity index (χ4v) is 7.03. The summed E-state index contributed by atoms with van der Waals surface area (Å²) in [7, 11) is 0. The van der Waals surface area contributed by atoms with Gasteiger partial charge in [-0.3, -0.25) is 14.7 Å². The van der Waals surface area contributed by atoms with Crippen LogP contribution >= 0.6 is 11.8 Å². The predicted octanol–water partition coefficient (Wildman–Crippen LogP) is 7.43. The number of nitrogens with zero attached hydrogens (tertiary/aromatic N) is 3. The minimum atomic E-state index is 0.146. The Morgan fingerprint density at radius 1 is 1.00 bits per heavy atom. The first-order chi connectivity index (χ1) is 17.5. The lowest BCUT2D eigenvalue weighted by molar-refractivity contribution is -0.124. The Bertz CT molecular complexity index is 1140. The topological polar surface area (TPSA) is 46.8 Å². The van der Waals surface area contributed by atoms with Gasteiger partial charge in [-0.2, -0.15) is 0 Å². The summed E-state index contributed by atoms with van der Waals surface area (Å²) in [6, 6.07) is 11.1. The monoisotopic (exact) mass is 505 g/mol. The lowest BCUT2D eigenvalue weighted by Crippen LogP contribution is -2.41. The van der Waals surface area contributed by atoms with E-state index in [1.165, 1.54) is 38.5 Å². The molecule has 2 aliphatic carbocycles. The maximum Gasteiger partial charge on any atom is 0.267 e. The van der Waals surface area contributed by atoms with Crippen LogP contribution in [-0.2, 0) is 4.79 Å². The molecule has 1 saturated heterocycles. The van der Waals surface area contributed by atoms with Crippen molar-refractivity contribution in [3.05, 3.63) is 52.2 Å². The van der Waals surface area contributed by atoms with Crippen molar-refractivity contribution >= 4 is 28.9 Å². The van der Waals surface area contributed by atoms with Crippen LogP contribution < -0.4 is 4.74 Å². The molecular weight excluding hydrogens is 466 g/mol. The van der Waals surface area contributed by atoms with Crippen LogP contribution in [0.4, 0.5) is 0 Å². The molecule has 5 rings (SSSR count). The number of hydrogen-bond acceptors (Lipinski definition) is 4. The number of hydrogen-bond donors (Lipinski definition) is 0. The van der Waals surface area contributed by atoms with Gasteiger partial charge in [0.15, 0.2) is 5.17 Å². The lowest BCUT2D eigenvalue weighted by atomic mass is 9.94. The molecule has 2 aromatic rings. The molecule has 36 heavy (non-hydrogen) atoms. The molecule has 3 aliphatic rings. The van der Waals surface area contributed by atoms with E-state index in [0.717, 1.165) is 64.1 Å². The standard InChI is InChI=1S/C30H39N3O2S/c1-4-35-27-17-15-26(16-18-27)32-21(2)19-23(22(32)3)20-28-29(34)33(25-13-9-6-10-14-25)30(36-28)31-24-11-7-5-8-12-24/h15-20,24-25H,4-14H2,1-3H3/b28-20-,31-30?. The van der Waals surface area contributed by atoms with E-state index in [1.54, 1.807) is 11.8 Å². The molecule has 2 heterocycles. The fraction of sp³-hybridized carbons (Fsp3) is 0.533. The van der Waals surface area contributed by atoms with Crippen LogP contribution in [0.3, 0.4) is 0 Å². The van der Waals surface area contributed by atoms with Gasteiger partial charge < -0.3 is 9.30 Å². The first-order valence-corrected chi connectivity index (χ1v) is 14.6. The molecule has 0 spiro atoms. The largest absolute Gasteiger partial charge is 0.494 e. The van der Waals surface area contributed by atoms with E-state index in [4.69, 9.17) is 9.73 Å². The summed E-state index contributed by atoms with van der Waals surface area (Å²) in [5.41, 5.74) is 4.49. The van der Waals surface area contributed by atoms with Crippen molar-refractivity contribution in [3.63, 3.8) is 0 Å². The Morgan fingerprint density at radius 3 is 2.33 bits per heavy atom.